The van der Waals surface area contributed by atoms with E-state index >= 15 is 0 Å². The van der Waals surface area contributed by atoms with E-state index in [2.05, 4.69) is 20.1 Å². The first kappa shape index (κ1) is 39.6. The summed E-state index contributed by atoms with van der Waals surface area (Å²) in [4.78, 5) is 27.0. The molecule has 13 nitrogen and oxygen atoms in total. The average molecular weight is 749 g/mol. The number of ketones is 2. The molecule has 13 heteroatoms. The third kappa shape index (κ3) is 8.56. The van der Waals surface area contributed by atoms with Crippen molar-refractivity contribution in [2.45, 2.75) is 188 Å². The molecule has 7 fully saturated rings. The molecule has 0 aromatic heterocycles. The Kier molecular flexibility index (Phi) is 12.6. The van der Waals surface area contributed by atoms with Crippen LogP contribution in [0.25, 0.3) is 0 Å². The lowest BCUT2D eigenvalue weighted by molar-refractivity contribution is -0.259. The first-order chi connectivity index (χ1) is 25.4. The molecule has 0 aromatic carbocycles. The topological polar surface area (TPSA) is 180 Å². The first-order valence-electron chi connectivity index (χ1n) is 19.9. The van der Waals surface area contributed by atoms with Crippen molar-refractivity contribution >= 4 is 11.6 Å². The zero-order chi connectivity index (χ0) is 37.6. The van der Waals surface area contributed by atoms with E-state index < -0.39 is 79.9 Å². The van der Waals surface area contributed by atoms with Crippen molar-refractivity contribution < 1.29 is 63.2 Å². The van der Waals surface area contributed by atoms with Gasteiger partial charge in [0, 0.05) is 51.6 Å². The molecular formula is C40H60O13. The van der Waals surface area contributed by atoms with Crippen LogP contribution in [0, 0.1) is 11.8 Å². The first-order valence-corrected chi connectivity index (χ1v) is 19.9. The van der Waals surface area contributed by atoms with Crippen LogP contribution < -0.4 is 0 Å². The quantitative estimate of drug-likeness (QED) is 0.308. The van der Waals surface area contributed by atoms with Gasteiger partial charge >= 0.3 is 0 Å². The fourth-order valence-electron chi connectivity index (χ4n) is 10.1. The number of carbonyl (C=O) groups excluding carboxylic acids is 2. The molecule has 0 aromatic rings. The molecular weight excluding hydrogens is 688 g/mol. The predicted molar refractivity (Wildman–Crippen MR) is 189 cm³/mol. The minimum Gasteiger partial charge on any atom is -0.394 e. The Labute approximate surface area is 312 Å². The molecule has 7 aliphatic heterocycles. The molecule has 7 rings (SSSR count). The van der Waals surface area contributed by atoms with Gasteiger partial charge < -0.3 is 53.6 Å². The van der Waals surface area contributed by atoms with Gasteiger partial charge in [0.05, 0.1) is 73.8 Å². The average Bonchev–Trinajstić information content (AvgIpc) is 3.76. The largest absolute Gasteiger partial charge is 0.394 e. The fraction of sp³-hybridized carbons (Fsp3) is 0.850. The molecule has 0 spiro atoms. The van der Waals surface area contributed by atoms with Crippen LogP contribution in [0.15, 0.2) is 24.3 Å². The molecule has 8 bridgehead atoms. The van der Waals surface area contributed by atoms with E-state index in [-0.39, 0.29) is 79.9 Å². The Hall–Kier alpha value is -1.62. The monoisotopic (exact) mass is 748 g/mol. The van der Waals surface area contributed by atoms with Crippen molar-refractivity contribution in [3.63, 3.8) is 0 Å². The van der Waals surface area contributed by atoms with Crippen molar-refractivity contribution in [3.05, 3.63) is 24.3 Å². The standard InChI is InChI=1S/C40H60O13/c1-19-11-26-7-9-29-20(2)12-25(48-29)6-5-22(42)15-33-35(45)39-40(53-33)36(46)38-30(52-39)10-8-27(50-38)13-23(43)14-28-32(17-31(49-26)21(19)3)51-34(37(28)47-4)16-24(44)18-41/h19,24-41,44-46H,2-3,5-18H2,1,4H3/t19-,24+,25+,26+,27-,28+,29+,30+,31-,32?,33-,34-,35+,36+,37-,38+,39+,40+/m1/s1. The summed E-state index contributed by atoms with van der Waals surface area (Å²) < 4.78 is 44.3. The van der Waals surface area contributed by atoms with Crippen molar-refractivity contribution in [1.82, 2.24) is 0 Å². The maximum absolute atomic E-state index is 13.9. The lowest BCUT2D eigenvalue weighted by Crippen LogP contribution is -2.61. The molecule has 7 heterocycles. The second kappa shape index (κ2) is 16.9. The smallest absolute Gasteiger partial charge is 0.135 e. The Morgan fingerprint density at radius 3 is 2.23 bits per heavy atom. The van der Waals surface area contributed by atoms with Crippen molar-refractivity contribution in [2.75, 3.05) is 13.7 Å². The van der Waals surface area contributed by atoms with Crippen LogP contribution in [-0.4, -0.2) is 143 Å². The molecule has 53 heavy (non-hydrogen) atoms. The number of carbonyl (C=O) groups is 2. The second-order valence-corrected chi connectivity index (χ2v) is 16.8. The van der Waals surface area contributed by atoms with E-state index in [0.29, 0.717) is 32.1 Å². The summed E-state index contributed by atoms with van der Waals surface area (Å²) in [5.41, 5.74) is 2.00. The van der Waals surface area contributed by atoms with E-state index in [1.54, 1.807) is 7.11 Å². The van der Waals surface area contributed by atoms with Gasteiger partial charge in [-0.05, 0) is 62.0 Å². The number of fused-ring (bicyclic) bond motifs is 7. The maximum Gasteiger partial charge on any atom is 0.135 e. The second-order valence-electron chi connectivity index (χ2n) is 16.8. The van der Waals surface area contributed by atoms with Crippen molar-refractivity contribution in [3.8, 4) is 0 Å². The Morgan fingerprint density at radius 2 is 1.45 bits per heavy atom. The number of hydrogen-bond donors (Lipinski definition) is 4. The van der Waals surface area contributed by atoms with Crippen LogP contribution in [0.2, 0.25) is 0 Å². The predicted octanol–water partition coefficient (Wildman–Crippen LogP) is 2.27. The van der Waals surface area contributed by atoms with Gasteiger partial charge in [0.15, 0.2) is 0 Å². The van der Waals surface area contributed by atoms with E-state index in [0.717, 1.165) is 30.4 Å². The number of aliphatic hydroxyl groups is 4. The number of hydrogen-bond acceptors (Lipinski definition) is 13. The number of ether oxygens (including phenoxy) is 7. The van der Waals surface area contributed by atoms with Crippen LogP contribution in [0.5, 0.6) is 0 Å². The van der Waals surface area contributed by atoms with Gasteiger partial charge in [-0.25, -0.2) is 0 Å². The van der Waals surface area contributed by atoms with Crippen molar-refractivity contribution in [1.29, 1.82) is 0 Å². The molecule has 7 saturated heterocycles. The van der Waals surface area contributed by atoms with Crippen molar-refractivity contribution in [2.24, 2.45) is 11.8 Å². The van der Waals surface area contributed by atoms with E-state index in [4.69, 9.17) is 33.2 Å². The third-order valence-electron chi connectivity index (χ3n) is 13.1. The van der Waals surface area contributed by atoms with Crippen LogP contribution in [0.1, 0.15) is 90.4 Å². The van der Waals surface area contributed by atoms with Crippen LogP contribution in [0.3, 0.4) is 0 Å². The molecule has 298 valence electrons. The third-order valence-corrected chi connectivity index (χ3v) is 13.1. The van der Waals surface area contributed by atoms with Gasteiger partial charge in [-0.15, -0.1) is 0 Å². The van der Waals surface area contributed by atoms with E-state index in [1.165, 1.54) is 0 Å². The molecule has 0 aliphatic carbocycles. The number of aliphatic hydroxyl groups excluding tert-OH is 4. The molecule has 0 amide bonds. The zero-order valence-electron chi connectivity index (χ0n) is 31.2. The zero-order valence-corrected chi connectivity index (χ0v) is 31.2. The number of rotatable bonds is 4. The maximum atomic E-state index is 13.9. The van der Waals surface area contributed by atoms with E-state index in [9.17, 15) is 30.0 Å². The van der Waals surface area contributed by atoms with Crippen LogP contribution in [0.4, 0.5) is 0 Å². The minimum atomic E-state index is -1.10. The summed E-state index contributed by atoms with van der Waals surface area (Å²) in [5, 5.41) is 42.6. The van der Waals surface area contributed by atoms with Gasteiger partial charge in [0.1, 0.15) is 42.1 Å². The lowest BCUT2D eigenvalue weighted by atomic mass is 9.81. The molecule has 0 saturated carbocycles. The molecule has 1 unspecified atom stereocenters. The SMILES string of the molecule is C=C1C[C@@H]2CCC(=O)C[C@H]3O[C@H]4[C@@H](O)[C@H]5O[C@H](CC[C@@H]5O[C@H]4[C@H]3O)CC(=O)C[C@H]3C(C[C@H]4O[C@@H](CC[C@@H]1O2)C[C@@H](C)C4=C)O[C@H](C[C@H](O)CO)[C@@H]3OC. The summed E-state index contributed by atoms with van der Waals surface area (Å²) in [7, 11) is 1.58. The van der Waals surface area contributed by atoms with Gasteiger partial charge in [-0.3, -0.25) is 9.59 Å². The molecule has 0 radical (unpaired) electrons. The highest BCUT2D eigenvalue weighted by molar-refractivity contribution is 5.79. The van der Waals surface area contributed by atoms with Gasteiger partial charge in [-0.2, -0.15) is 0 Å². The Bertz CT molecular complexity index is 1340. The van der Waals surface area contributed by atoms with E-state index in [1.807, 2.05) is 0 Å². The summed E-state index contributed by atoms with van der Waals surface area (Å²) >= 11 is 0. The Balaban J connectivity index is 1.11. The normalized spacial score (nSPS) is 47.7. The highest BCUT2D eigenvalue weighted by Crippen LogP contribution is 2.43. The Morgan fingerprint density at radius 1 is 0.736 bits per heavy atom. The number of methoxy groups -OCH3 is 1. The highest BCUT2D eigenvalue weighted by atomic mass is 16.6. The molecule has 18 atom stereocenters. The number of Topliss-reactive ketones (excluding diaryl/α,β-unsaturated/α-hetero) is 2. The summed E-state index contributed by atoms with van der Waals surface area (Å²) in [6.45, 7) is 10.4. The minimum absolute atomic E-state index is 0.00643. The van der Waals surface area contributed by atoms with Crippen LogP contribution >= 0.6 is 0 Å². The molecule has 7 aliphatic rings. The highest BCUT2D eigenvalue weighted by Gasteiger charge is 2.57. The lowest BCUT2D eigenvalue weighted by Gasteiger charge is -2.46. The van der Waals surface area contributed by atoms with Gasteiger partial charge in [-0.1, -0.05) is 20.1 Å². The summed E-state index contributed by atoms with van der Waals surface area (Å²) in [6.07, 6.45) is -3.55. The van der Waals surface area contributed by atoms with Gasteiger partial charge in [0.2, 0.25) is 0 Å². The fourth-order valence-corrected chi connectivity index (χ4v) is 10.1. The van der Waals surface area contributed by atoms with Gasteiger partial charge in [0.25, 0.3) is 0 Å². The van der Waals surface area contributed by atoms with Crippen LogP contribution in [-0.2, 0) is 42.7 Å². The summed E-state index contributed by atoms with van der Waals surface area (Å²) in [5.74, 6) is -0.221. The summed E-state index contributed by atoms with van der Waals surface area (Å²) in [6, 6.07) is 0. The molecule has 4 N–H and O–H groups in total.